The van der Waals surface area contributed by atoms with E-state index in [0.29, 0.717) is 30.8 Å². The van der Waals surface area contributed by atoms with Crippen molar-refractivity contribution in [2.24, 2.45) is 0 Å². The van der Waals surface area contributed by atoms with E-state index in [1.807, 2.05) is 31.2 Å². The normalized spacial score (nSPS) is 11.5. The summed E-state index contributed by atoms with van der Waals surface area (Å²) in [6.45, 7) is 2.31. The van der Waals surface area contributed by atoms with Gasteiger partial charge in [-0.15, -0.1) is 0 Å². The zero-order chi connectivity index (χ0) is 26.8. The molecule has 9 heteroatoms. The molecule has 8 nitrogen and oxygen atoms in total. The average Bonchev–Trinajstić information content (AvgIpc) is 2.87. The number of unbranched alkanes of at least 4 members (excludes halogenated alkanes) is 1. The van der Waals surface area contributed by atoms with Crippen molar-refractivity contribution >= 4 is 22.2 Å². The molecule has 0 saturated carbocycles. The second-order valence-corrected chi connectivity index (χ2v) is 9.78. The highest BCUT2D eigenvalue weighted by atomic mass is 32.2. The molecule has 1 aromatic heterocycles. The molecule has 2 N–H and O–H groups in total. The van der Waals surface area contributed by atoms with Crippen LogP contribution in [0.3, 0.4) is 0 Å². The quantitative estimate of drug-likeness (QED) is 0.171. The Bertz CT molecular complexity index is 1350. The van der Waals surface area contributed by atoms with Crippen LogP contribution in [-0.2, 0) is 27.8 Å². The average molecular weight is 526 g/mol. The molecule has 0 radical (unpaired) electrons. The maximum atomic E-state index is 12.2. The van der Waals surface area contributed by atoms with Gasteiger partial charge in [-0.05, 0) is 67.2 Å². The molecule has 1 heterocycles. The number of nitrogens with zero attached hydrogens (tertiary/aromatic N) is 1. The standard InChI is InChI=1S/C28H31NO7S/c1-3-7-21-9-6-10-23(28(21)37(32,33)34)24-15-17-26(25(29-24)16-18-27(30)31)36-19-5-4-8-20-11-13-22(35-2)14-12-20/h6,9-18H,3-5,7-8,19H2,1-2H3,(H,30,31)(H,32,33,34)/b18-16+. The number of pyridine rings is 1. The van der Waals surface area contributed by atoms with E-state index in [1.54, 1.807) is 37.4 Å². The van der Waals surface area contributed by atoms with Gasteiger partial charge in [0.1, 0.15) is 22.1 Å². The molecule has 37 heavy (non-hydrogen) atoms. The maximum Gasteiger partial charge on any atom is 0.328 e. The van der Waals surface area contributed by atoms with Gasteiger partial charge in [-0.25, -0.2) is 9.78 Å². The third-order valence-electron chi connectivity index (χ3n) is 5.70. The Labute approximate surface area is 217 Å². The SMILES string of the molecule is CCCc1cccc(-c2ccc(OCCCCc3ccc(OC)cc3)c(/C=C/C(=O)O)n2)c1S(=O)(=O)O. The largest absolute Gasteiger partial charge is 0.497 e. The van der Waals surface area contributed by atoms with E-state index in [2.05, 4.69) is 4.98 Å². The van der Waals surface area contributed by atoms with Crippen molar-refractivity contribution in [2.45, 2.75) is 43.9 Å². The van der Waals surface area contributed by atoms with Crippen LogP contribution < -0.4 is 9.47 Å². The van der Waals surface area contributed by atoms with Crippen LogP contribution in [0.5, 0.6) is 11.5 Å². The summed E-state index contributed by atoms with van der Waals surface area (Å²) in [5.74, 6) is 0.0378. The third kappa shape index (κ3) is 7.90. The summed E-state index contributed by atoms with van der Waals surface area (Å²) >= 11 is 0. The number of rotatable bonds is 13. The van der Waals surface area contributed by atoms with Gasteiger partial charge in [-0.1, -0.05) is 43.7 Å². The Morgan fingerprint density at radius 3 is 2.43 bits per heavy atom. The van der Waals surface area contributed by atoms with Gasteiger partial charge < -0.3 is 14.6 Å². The summed E-state index contributed by atoms with van der Waals surface area (Å²) in [5, 5.41) is 9.11. The molecule has 3 aromatic rings. The van der Waals surface area contributed by atoms with Gasteiger partial charge in [0.15, 0.2) is 0 Å². The minimum Gasteiger partial charge on any atom is -0.497 e. The molecule has 0 aliphatic rings. The smallest absolute Gasteiger partial charge is 0.328 e. The zero-order valence-electron chi connectivity index (χ0n) is 20.9. The van der Waals surface area contributed by atoms with Crippen LogP contribution >= 0.6 is 0 Å². The topological polar surface area (TPSA) is 123 Å². The lowest BCUT2D eigenvalue weighted by Crippen LogP contribution is -2.07. The second-order valence-electron chi connectivity index (χ2n) is 8.42. The summed E-state index contributed by atoms with van der Waals surface area (Å²) in [7, 11) is -2.89. The first kappa shape index (κ1) is 27.9. The van der Waals surface area contributed by atoms with E-state index in [0.717, 1.165) is 31.1 Å². The van der Waals surface area contributed by atoms with Crippen molar-refractivity contribution in [1.82, 2.24) is 4.98 Å². The van der Waals surface area contributed by atoms with Gasteiger partial charge >= 0.3 is 5.97 Å². The molecule has 196 valence electrons. The van der Waals surface area contributed by atoms with Crippen LogP contribution in [0.25, 0.3) is 17.3 Å². The van der Waals surface area contributed by atoms with Crippen LogP contribution in [0, 0.1) is 0 Å². The first-order valence-corrected chi connectivity index (χ1v) is 13.4. The van der Waals surface area contributed by atoms with Crippen molar-refractivity contribution in [1.29, 1.82) is 0 Å². The lowest BCUT2D eigenvalue weighted by molar-refractivity contribution is -0.131. The van der Waals surface area contributed by atoms with E-state index in [-0.39, 0.29) is 21.8 Å². The van der Waals surface area contributed by atoms with Gasteiger partial charge in [0.2, 0.25) is 0 Å². The zero-order valence-corrected chi connectivity index (χ0v) is 21.7. The molecule has 0 atom stereocenters. The van der Waals surface area contributed by atoms with Gasteiger partial charge in [0.25, 0.3) is 10.1 Å². The molecule has 2 aromatic carbocycles. The number of carbonyl (C=O) groups is 1. The molecule has 0 spiro atoms. The van der Waals surface area contributed by atoms with Crippen molar-refractivity contribution < 1.29 is 32.3 Å². The summed E-state index contributed by atoms with van der Waals surface area (Å²) in [5.41, 5.74) is 2.45. The monoisotopic (exact) mass is 525 g/mol. The fourth-order valence-corrected chi connectivity index (χ4v) is 4.92. The number of aryl methyl sites for hydroxylation is 2. The summed E-state index contributed by atoms with van der Waals surface area (Å²) in [6.07, 6.45) is 5.94. The van der Waals surface area contributed by atoms with Crippen LogP contribution in [-0.4, -0.2) is 42.7 Å². The molecule has 3 rings (SSSR count). The van der Waals surface area contributed by atoms with Crippen LogP contribution in [0.1, 0.15) is 43.0 Å². The van der Waals surface area contributed by atoms with E-state index in [1.165, 1.54) is 11.6 Å². The highest BCUT2D eigenvalue weighted by Crippen LogP contribution is 2.32. The van der Waals surface area contributed by atoms with Crippen molar-refractivity contribution in [3.8, 4) is 22.8 Å². The summed E-state index contributed by atoms with van der Waals surface area (Å²) < 4.78 is 45.5. The van der Waals surface area contributed by atoms with Gasteiger partial charge in [0.05, 0.1) is 19.4 Å². The fraction of sp³-hybridized carbons (Fsp3) is 0.286. The van der Waals surface area contributed by atoms with Crippen molar-refractivity contribution in [2.75, 3.05) is 13.7 Å². The number of hydrogen-bond donors (Lipinski definition) is 2. The molecular formula is C28H31NO7S. The predicted molar refractivity (Wildman–Crippen MR) is 142 cm³/mol. The van der Waals surface area contributed by atoms with Crippen LogP contribution in [0.4, 0.5) is 0 Å². The van der Waals surface area contributed by atoms with Crippen LogP contribution in [0.15, 0.2) is 65.6 Å². The van der Waals surface area contributed by atoms with E-state index in [4.69, 9.17) is 14.6 Å². The molecule has 0 unspecified atom stereocenters. The van der Waals surface area contributed by atoms with Crippen LogP contribution in [0.2, 0.25) is 0 Å². The Morgan fingerprint density at radius 1 is 1.03 bits per heavy atom. The summed E-state index contributed by atoms with van der Waals surface area (Å²) in [4.78, 5) is 15.4. The van der Waals surface area contributed by atoms with E-state index >= 15 is 0 Å². The number of carboxylic acids is 1. The maximum absolute atomic E-state index is 12.2. The van der Waals surface area contributed by atoms with E-state index < -0.39 is 16.1 Å². The van der Waals surface area contributed by atoms with Gasteiger partial charge in [-0.3, -0.25) is 4.55 Å². The molecule has 0 saturated heterocycles. The Morgan fingerprint density at radius 2 is 1.78 bits per heavy atom. The highest BCUT2D eigenvalue weighted by Gasteiger charge is 2.22. The molecule has 0 aliphatic heterocycles. The highest BCUT2D eigenvalue weighted by molar-refractivity contribution is 7.86. The first-order valence-electron chi connectivity index (χ1n) is 12.0. The number of benzene rings is 2. The van der Waals surface area contributed by atoms with Crippen molar-refractivity contribution in [3.05, 3.63) is 77.5 Å². The number of aromatic nitrogens is 1. The van der Waals surface area contributed by atoms with Gasteiger partial charge in [-0.2, -0.15) is 8.42 Å². The minimum absolute atomic E-state index is 0.190. The number of carboxylic acid groups (broad SMARTS) is 1. The van der Waals surface area contributed by atoms with Crippen molar-refractivity contribution in [3.63, 3.8) is 0 Å². The lowest BCUT2D eigenvalue weighted by atomic mass is 10.0. The number of aliphatic carboxylic acids is 1. The number of hydrogen-bond acceptors (Lipinski definition) is 6. The molecule has 0 fully saturated rings. The second kappa shape index (κ2) is 13.0. The van der Waals surface area contributed by atoms with E-state index in [9.17, 15) is 17.8 Å². The number of methoxy groups -OCH3 is 1. The first-order chi connectivity index (χ1) is 17.7. The lowest BCUT2D eigenvalue weighted by Gasteiger charge is -2.14. The molecule has 0 aliphatic carbocycles. The minimum atomic E-state index is -4.52. The Balaban J connectivity index is 1.80. The third-order valence-corrected chi connectivity index (χ3v) is 6.69. The Kier molecular flexibility index (Phi) is 9.82. The summed E-state index contributed by atoms with van der Waals surface area (Å²) in [6, 6.07) is 16.0. The molecule has 0 bridgehead atoms. The fourth-order valence-electron chi connectivity index (χ4n) is 3.97. The Hall–Kier alpha value is -3.69. The number of ether oxygens (including phenoxy) is 2. The molecule has 0 amide bonds. The van der Waals surface area contributed by atoms with Gasteiger partial charge in [0, 0.05) is 11.6 Å². The predicted octanol–water partition coefficient (Wildman–Crippen LogP) is 5.46. The molecular weight excluding hydrogens is 494 g/mol.